The lowest BCUT2D eigenvalue weighted by Crippen LogP contribution is -2.16. The molecule has 0 unspecified atom stereocenters. The van der Waals surface area contributed by atoms with Gasteiger partial charge in [0.15, 0.2) is 5.84 Å². The third-order valence-corrected chi connectivity index (χ3v) is 1.66. The molecule has 0 saturated carbocycles. The quantitative estimate of drug-likeness (QED) is 0.271. The van der Waals surface area contributed by atoms with Crippen LogP contribution in [0, 0.1) is 0 Å². The number of hydrogen-bond donors (Lipinski definition) is 2. The molecule has 0 saturated heterocycles. The van der Waals surface area contributed by atoms with Gasteiger partial charge in [-0.25, -0.2) is 0 Å². The van der Waals surface area contributed by atoms with Gasteiger partial charge >= 0.3 is 0 Å². The van der Waals surface area contributed by atoms with Crippen LogP contribution in [0.2, 0.25) is 0 Å². The summed E-state index contributed by atoms with van der Waals surface area (Å²) in [6.45, 7) is 2.01. The minimum atomic E-state index is 0.333. The van der Waals surface area contributed by atoms with E-state index in [-0.39, 0.29) is 0 Å². The van der Waals surface area contributed by atoms with Gasteiger partial charge in [0.05, 0.1) is 11.3 Å². The molecule has 1 heterocycles. The van der Waals surface area contributed by atoms with Gasteiger partial charge in [0.2, 0.25) is 0 Å². The normalized spacial score (nSPS) is 12.0. The monoisotopic (exact) mass is 167 g/mol. The van der Waals surface area contributed by atoms with E-state index in [1.807, 2.05) is 20.2 Å². The zero-order valence-electron chi connectivity index (χ0n) is 7.28. The minimum Gasteiger partial charge on any atom is -0.382 e. The SMILES string of the molecule is CCc1nn(C)cc1/C(N)=N/N. The lowest BCUT2D eigenvalue weighted by atomic mass is 10.2. The number of hydrogen-bond acceptors (Lipinski definition) is 3. The standard InChI is InChI=1S/C7H13N5/c1-3-6-5(7(8)10-9)4-12(2)11-6/h4H,3,9H2,1-2H3,(H2,8,10). The van der Waals surface area contributed by atoms with E-state index in [0.717, 1.165) is 17.7 Å². The van der Waals surface area contributed by atoms with Crippen LogP contribution in [0.4, 0.5) is 0 Å². The van der Waals surface area contributed by atoms with Crippen molar-refractivity contribution in [2.45, 2.75) is 13.3 Å². The van der Waals surface area contributed by atoms with Crippen molar-refractivity contribution in [3.05, 3.63) is 17.5 Å². The van der Waals surface area contributed by atoms with Crippen LogP contribution in [-0.4, -0.2) is 15.6 Å². The van der Waals surface area contributed by atoms with Crippen LogP contribution >= 0.6 is 0 Å². The highest BCUT2D eigenvalue weighted by atomic mass is 15.3. The molecule has 0 atom stereocenters. The van der Waals surface area contributed by atoms with Gasteiger partial charge in [-0.3, -0.25) is 4.68 Å². The van der Waals surface area contributed by atoms with Crippen LogP contribution < -0.4 is 11.6 Å². The zero-order valence-corrected chi connectivity index (χ0v) is 7.28. The maximum absolute atomic E-state index is 5.56. The summed E-state index contributed by atoms with van der Waals surface area (Å²) in [6, 6.07) is 0. The Balaban J connectivity index is 3.13. The van der Waals surface area contributed by atoms with Gasteiger partial charge in [-0.05, 0) is 6.42 Å². The van der Waals surface area contributed by atoms with E-state index in [2.05, 4.69) is 10.2 Å². The molecular formula is C7H13N5. The summed E-state index contributed by atoms with van der Waals surface area (Å²) in [5, 5.41) is 7.62. The number of aromatic nitrogens is 2. The van der Waals surface area contributed by atoms with Crippen molar-refractivity contribution in [1.82, 2.24) is 9.78 Å². The van der Waals surface area contributed by atoms with Crippen molar-refractivity contribution >= 4 is 5.84 Å². The molecule has 0 spiro atoms. The Labute approximate surface area is 71.0 Å². The number of amidine groups is 1. The predicted molar refractivity (Wildman–Crippen MR) is 47.5 cm³/mol. The third-order valence-electron chi connectivity index (χ3n) is 1.66. The van der Waals surface area contributed by atoms with Gasteiger partial charge < -0.3 is 11.6 Å². The Bertz CT molecular complexity index is 299. The predicted octanol–water partition coefficient (Wildman–Crippen LogP) is -0.438. The van der Waals surface area contributed by atoms with E-state index in [4.69, 9.17) is 11.6 Å². The first-order chi connectivity index (χ1) is 5.69. The van der Waals surface area contributed by atoms with Gasteiger partial charge in [0.25, 0.3) is 0 Å². The first-order valence-corrected chi connectivity index (χ1v) is 3.75. The van der Waals surface area contributed by atoms with Crippen LogP contribution in [0.5, 0.6) is 0 Å². The molecule has 0 aliphatic carbocycles. The van der Waals surface area contributed by atoms with Crippen molar-refractivity contribution in [3.8, 4) is 0 Å². The third kappa shape index (κ3) is 1.39. The second kappa shape index (κ2) is 3.25. The fraction of sp³-hybridized carbons (Fsp3) is 0.429. The molecule has 12 heavy (non-hydrogen) atoms. The molecule has 0 aliphatic rings. The van der Waals surface area contributed by atoms with Gasteiger partial charge in [-0.2, -0.15) is 10.2 Å². The van der Waals surface area contributed by atoms with Gasteiger partial charge in [0, 0.05) is 13.2 Å². The maximum atomic E-state index is 5.56. The van der Waals surface area contributed by atoms with Crippen molar-refractivity contribution in [3.63, 3.8) is 0 Å². The molecule has 1 aromatic rings. The molecular weight excluding hydrogens is 154 g/mol. The largest absolute Gasteiger partial charge is 0.382 e. The topological polar surface area (TPSA) is 82.2 Å². The lowest BCUT2D eigenvalue weighted by Gasteiger charge is -1.95. The fourth-order valence-corrected chi connectivity index (χ4v) is 1.08. The van der Waals surface area contributed by atoms with Crippen molar-refractivity contribution in [1.29, 1.82) is 0 Å². The van der Waals surface area contributed by atoms with Crippen LogP contribution in [0.25, 0.3) is 0 Å². The molecule has 5 heteroatoms. The molecule has 4 N–H and O–H groups in total. The highest BCUT2D eigenvalue weighted by molar-refractivity contribution is 5.98. The average Bonchev–Trinajstić information content (AvgIpc) is 2.45. The molecule has 66 valence electrons. The Morgan fingerprint density at radius 3 is 2.92 bits per heavy atom. The summed E-state index contributed by atoms with van der Waals surface area (Å²) < 4.78 is 1.70. The van der Waals surface area contributed by atoms with E-state index in [1.54, 1.807) is 4.68 Å². The molecule has 0 fully saturated rings. The smallest absolute Gasteiger partial charge is 0.153 e. The van der Waals surface area contributed by atoms with Gasteiger partial charge in [-0.15, -0.1) is 0 Å². The Morgan fingerprint density at radius 2 is 2.42 bits per heavy atom. The lowest BCUT2D eigenvalue weighted by molar-refractivity contribution is 0.746. The molecule has 5 nitrogen and oxygen atoms in total. The molecule has 0 radical (unpaired) electrons. The molecule has 0 aromatic carbocycles. The molecule has 1 aromatic heterocycles. The summed E-state index contributed by atoms with van der Waals surface area (Å²) in [5.74, 6) is 5.40. The molecule has 0 aliphatic heterocycles. The summed E-state index contributed by atoms with van der Waals surface area (Å²) in [4.78, 5) is 0. The van der Waals surface area contributed by atoms with Crippen LogP contribution in [0.3, 0.4) is 0 Å². The zero-order chi connectivity index (χ0) is 9.14. The summed E-state index contributed by atoms with van der Waals surface area (Å²) in [7, 11) is 1.84. The summed E-state index contributed by atoms with van der Waals surface area (Å²) >= 11 is 0. The van der Waals surface area contributed by atoms with Gasteiger partial charge in [-0.1, -0.05) is 6.92 Å². The number of rotatable bonds is 2. The van der Waals surface area contributed by atoms with Crippen LogP contribution in [0.1, 0.15) is 18.2 Å². The second-order valence-electron chi connectivity index (χ2n) is 2.53. The number of hydrazone groups is 1. The summed E-state index contributed by atoms with van der Waals surface area (Å²) in [6.07, 6.45) is 2.64. The van der Waals surface area contributed by atoms with E-state index < -0.39 is 0 Å². The average molecular weight is 167 g/mol. The van der Waals surface area contributed by atoms with Crippen molar-refractivity contribution in [2.24, 2.45) is 23.7 Å². The van der Waals surface area contributed by atoms with Gasteiger partial charge in [0.1, 0.15) is 0 Å². The Hall–Kier alpha value is -1.52. The van der Waals surface area contributed by atoms with E-state index >= 15 is 0 Å². The Kier molecular flexibility index (Phi) is 2.32. The highest BCUT2D eigenvalue weighted by Gasteiger charge is 2.08. The van der Waals surface area contributed by atoms with E-state index in [0.29, 0.717) is 5.84 Å². The number of nitrogens with two attached hydrogens (primary N) is 2. The second-order valence-corrected chi connectivity index (χ2v) is 2.53. The van der Waals surface area contributed by atoms with Crippen LogP contribution in [0.15, 0.2) is 11.3 Å². The molecule has 1 rings (SSSR count). The minimum absolute atomic E-state index is 0.333. The molecule has 0 amide bonds. The van der Waals surface area contributed by atoms with Crippen molar-refractivity contribution < 1.29 is 0 Å². The van der Waals surface area contributed by atoms with E-state index in [9.17, 15) is 0 Å². The van der Waals surface area contributed by atoms with Crippen molar-refractivity contribution in [2.75, 3.05) is 0 Å². The summed E-state index contributed by atoms with van der Waals surface area (Å²) in [5.41, 5.74) is 7.30. The number of nitrogens with zero attached hydrogens (tertiary/aromatic N) is 3. The fourth-order valence-electron chi connectivity index (χ4n) is 1.08. The Morgan fingerprint density at radius 1 is 1.75 bits per heavy atom. The first kappa shape index (κ1) is 8.58. The highest BCUT2D eigenvalue weighted by Crippen LogP contribution is 2.05. The number of aryl methyl sites for hydroxylation is 2. The van der Waals surface area contributed by atoms with Crippen LogP contribution in [-0.2, 0) is 13.5 Å². The maximum Gasteiger partial charge on any atom is 0.153 e. The van der Waals surface area contributed by atoms with E-state index in [1.165, 1.54) is 0 Å². The molecule has 0 bridgehead atoms. The first-order valence-electron chi connectivity index (χ1n) is 3.75.